The smallest absolute Gasteiger partial charge is 0.290 e. The van der Waals surface area contributed by atoms with E-state index in [0.29, 0.717) is 16.3 Å². The number of amides is 1. The molecule has 1 aromatic carbocycles. The van der Waals surface area contributed by atoms with Crippen molar-refractivity contribution in [1.82, 2.24) is 10.5 Å². The van der Waals surface area contributed by atoms with E-state index in [4.69, 9.17) is 16.1 Å². The number of carbonyl (C=O) groups excluding carboxylic acids is 1. The maximum Gasteiger partial charge on any atom is 0.290 e. The summed E-state index contributed by atoms with van der Waals surface area (Å²) in [5.41, 5.74) is 1.11. The summed E-state index contributed by atoms with van der Waals surface area (Å²) in [4.78, 5) is 12.3. The van der Waals surface area contributed by atoms with Crippen LogP contribution >= 0.6 is 11.6 Å². The molecule has 118 valence electrons. The van der Waals surface area contributed by atoms with E-state index in [-0.39, 0.29) is 5.76 Å². The lowest BCUT2D eigenvalue weighted by Crippen LogP contribution is -2.40. The normalized spacial score (nSPS) is 13.0. The Morgan fingerprint density at radius 3 is 2.41 bits per heavy atom. The van der Waals surface area contributed by atoms with Crippen molar-refractivity contribution in [3.05, 3.63) is 40.6 Å². The first-order valence-electron chi connectivity index (χ1n) is 6.95. The number of hydrogen-bond donors (Lipinski definition) is 2. The van der Waals surface area contributed by atoms with Crippen molar-refractivity contribution in [1.29, 1.82) is 0 Å². The lowest BCUT2D eigenvalue weighted by Gasteiger charge is -2.19. The van der Waals surface area contributed by atoms with E-state index in [9.17, 15) is 9.90 Å². The molecular formula is C16H19ClN2O3. The van der Waals surface area contributed by atoms with Gasteiger partial charge in [0.2, 0.25) is 5.76 Å². The van der Waals surface area contributed by atoms with E-state index in [1.165, 1.54) is 0 Å². The highest BCUT2D eigenvalue weighted by Gasteiger charge is 2.28. The zero-order chi connectivity index (χ0) is 16.5. The highest BCUT2D eigenvalue weighted by Crippen LogP contribution is 2.31. The van der Waals surface area contributed by atoms with Crippen molar-refractivity contribution in [2.45, 2.75) is 39.3 Å². The van der Waals surface area contributed by atoms with E-state index in [0.717, 1.165) is 5.56 Å². The van der Waals surface area contributed by atoms with E-state index >= 15 is 0 Å². The molecule has 1 aromatic heterocycles. The summed E-state index contributed by atoms with van der Waals surface area (Å²) in [5, 5.41) is 17.4. The molecule has 0 fully saturated rings. The average Bonchev–Trinajstić information content (AvgIpc) is 2.82. The molecule has 1 unspecified atom stereocenters. The molecule has 0 saturated heterocycles. The number of aromatic nitrogens is 1. The van der Waals surface area contributed by atoms with Gasteiger partial charge in [0.1, 0.15) is 5.69 Å². The largest absolute Gasteiger partial charge is 0.388 e. The highest BCUT2D eigenvalue weighted by molar-refractivity contribution is 6.30. The van der Waals surface area contributed by atoms with Crippen LogP contribution in [-0.2, 0) is 0 Å². The molecule has 22 heavy (non-hydrogen) atoms. The molecule has 6 heteroatoms. The Morgan fingerprint density at radius 1 is 1.32 bits per heavy atom. The monoisotopic (exact) mass is 322 g/mol. The van der Waals surface area contributed by atoms with Crippen LogP contribution in [0.1, 0.15) is 49.9 Å². The van der Waals surface area contributed by atoms with Crippen molar-refractivity contribution in [3.8, 4) is 11.3 Å². The number of carbonyl (C=O) groups is 1. The summed E-state index contributed by atoms with van der Waals surface area (Å²) < 4.78 is 5.19. The molecule has 1 atom stereocenters. The number of aliphatic hydroxyl groups is 1. The SMILES string of the molecule is CC(O)c1c(-c2ccc(Cl)cc2)noc1C(=O)NC(C)(C)C. The van der Waals surface area contributed by atoms with E-state index in [1.807, 2.05) is 20.8 Å². The van der Waals surface area contributed by atoms with Gasteiger partial charge in [0, 0.05) is 16.1 Å². The number of hydrogen-bond acceptors (Lipinski definition) is 4. The highest BCUT2D eigenvalue weighted by atomic mass is 35.5. The second-order valence-electron chi connectivity index (χ2n) is 6.16. The Balaban J connectivity index is 2.46. The van der Waals surface area contributed by atoms with Crippen molar-refractivity contribution in [3.63, 3.8) is 0 Å². The first-order valence-corrected chi connectivity index (χ1v) is 7.33. The van der Waals surface area contributed by atoms with Gasteiger partial charge >= 0.3 is 0 Å². The second kappa shape index (κ2) is 6.10. The molecule has 0 spiro atoms. The van der Waals surface area contributed by atoms with E-state index in [2.05, 4.69) is 10.5 Å². The lowest BCUT2D eigenvalue weighted by atomic mass is 10.0. The molecule has 2 N–H and O–H groups in total. The van der Waals surface area contributed by atoms with Crippen molar-refractivity contribution in [2.24, 2.45) is 0 Å². The third-order valence-electron chi connectivity index (χ3n) is 2.96. The van der Waals surface area contributed by atoms with Crippen molar-refractivity contribution < 1.29 is 14.4 Å². The topological polar surface area (TPSA) is 75.4 Å². The fourth-order valence-electron chi connectivity index (χ4n) is 2.06. The van der Waals surface area contributed by atoms with Crippen molar-refractivity contribution in [2.75, 3.05) is 0 Å². The minimum atomic E-state index is -0.891. The third kappa shape index (κ3) is 3.67. The Kier molecular flexibility index (Phi) is 4.58. The zero-order valence-electron chi connectivity index (χ0n) is 13.0. The van der Waals surface area contributed by atoms with Gasteiger partial charge in [-0.3, -0.25) is 4.79 Å². The van der Waals surface area contributed by atoms with Gasteiger partial charge in [-0.2, -0.15) is 0 Å². The van der Waals surface area contributed by atoms with Crippen LogP contribution in [-0.4, -0.2) is 21.7 Å². The summed E-state index contributed by atoms with van der Waals surface area (Å²) in [6.07, 6.45) is -0.891. The van der Waals surface area contributed by atoms with Gasteiger partial charge in [-0.15, -0.1) is 0 Å². The maximum absolute atomic E-state index is 12.3. The maximum atomic E-state index is 12.3. The minimum Gasteiger partial charge on any atom is -0.388 e. The molecular weight excluding hydrogens is 304 g/mol. The molecule has 0 radical (unpaired) electrons. The standard InChI is InChI=1S/C16H19ClN2O3/c1-9(20)12-13(10-5-7-11(17)8-6-10)19-22-14(12)15(21)18-16(2,3)4/h5-9,20H,1-4H3,(H,18,21). The summed E-state index contributed by atoms with van der Waals surface area (Å²) in [6, 6.07) is 6.95. The second-order valence-corrected chi connectivity index (χ2v) is 6.60. The van der Waals surface area contributed by atoms with Gasteiger partial charge in [0.05, 0.1) is 11.7 Å². The van der Waals surface area contributed by atoms with Crippen molar-refractivity contribution >= 4 is 17.5 Å². The molecule has 2 rings (SSSR count). The average molecular weight is 323 g/mol. The van der Waals surface area contributed by atoms with Crippen LogP contribution in [0.4, 0.5) is 0 Å². The Labute approximate surface area is 134 Å². The summed E-state index contributed by atoms with van der Waals surface area (Å²) in [7, 11) is 0. The van der Waals surface area contributed by atoms with Crippen LogP contribution in [0.2, 0.25) is 5.02 Å². The Morgan fingerprint density at radius 2 is 1.91 bits per heavy atom. The lowest BCUT2D eigenvalue weighted by molar-refractivity contribution is 0.0873. The van der Waals surface area contributed by atoms with Gasteiger partial charge in [0.25, 0.3) is 5.91 Å². The van der Waals surface area contributed by atoms with Crippen LogP contribution in [0.3, 0.4) is 0 Å². The zero-order valence-corrected chi connectivity index (χ0v) is 13.7. The van der Waals surface area contributed by atoms with Crippen LogP contribution in [0, 0.1) is 0 Å². The molecule has 1 amide bonds. The third-order valence-corrected chi connectivity index (χ3v) is 3.21. The molecule has 0 bridgehead atoms. The summed E-state index contributed by atoms with van der Waals surface area (Å²) in [6.45, 7) is 7.16. The molecule has 0 aliphatic rings. The predicted molar refractivity (Wildman–Crippen MR) is 84.8 cm³/mol. The number of nitrogens with zero attached hydrogens (tertiary/aromatic N) is 1. The van der Waals surface area contributed by atoms with Crippen LogP contribution in [0.5, 0.6) is 0 Å². The molecule has 5 nitrogen and oxygen atoms in total. The van der Waals surface area contributed by atoms with Crippen LogP contribution < -0.4 is 5.32 Å². The minimum absolute atomic E-state index is 0.0230. The van der Waals surface area contributed by atoms with Gasteiger partial charge in [-0.25, -0.2) is 0 Å². The van der Waals surface area contributed by atoms with Gasteiger partial charge in [0.15, 0.2) is 0 Å². The van der Waals surface area contributed by atoms with Gasteiger partial charge < -0.3 is 14.9 Å². The predicted octanol–water partition coefficient (Wildman–Crippen LogP) is 3.58. The van der Waals surface area contributed by atoms with E-state index in [1.54, 1.807) is 31.2 Å². The van der Waals surface area contributed by atoms with Gasteiger partial charge in [-0.1, -0.05) is 28.9 Å². The summed E-state index contributed by atoms with van der Waals surface area (Å²) in [5.74, 6) is -0.383. The number of nitrogens with one attached hydrogen (secondary N) is 1. The molecule has 0 saturated carbocycles. The number of halogens is 1. The fourth-order valence-corrected chi connectivity index (χ4v) is 2.19. The molecule has 1 heterocycles. The molecule has 0 aliphatic heterocycles. The van der Waals surface area contributed by atoms with E-state index < -0.39 is 17.6 Å². The molecule has 2 aromatic rings. The number of benzene rings is 1. The summed E-state index contributed by atoms with van der Waals surface area (Å²) >= 11 is 5.87. The quantitative estimate of drug-likeness (QED) is 0.905. The number of rotatable bonds is 3. The van der Waals surface area contributed by atoms with Crippen LogP contribution in [0.25, 0.3) is 11.3 Å². The number of aliphatic hydroxyl groups excluding tert-OH is 1. The fraction of sp³-hybridized carbons (Fsp3) is 0.375. The Hall–Kier alpha value is -1.85. The van der Waals surface area contributed by atoms with Gasteiger partial charge in [-0.05, 0) is 39.8 Å². The Bertz CT molecular complexity index is 670. The van der Waals surface area contributed by atoms with Crippen LogP contribution in [0.15, 0.2) is 28.8 Å². The first-order chi connectivity index (χ1) is 10.2. The first kappa shape index (κ1) is 16.5. The molecule has 0 aliphatic carbocycles.